The van der Waals surface area contributed by atoms with Gasteiger partial charge in [0.25, 0.3) is 10.1 Å². The molecule has 2 aliphatic carbocycles. The van der Waals surface area contributed by atoms with Crippen LogP contribution in [0.15, 0.2) is 11.8 Å². The lowest BCUT2D eigenvalue weighted by atomic mass is 9.63. The van der Waals surface area contributed by atoms with Crippen molar-refractivity contribution in [3.05, 3.63) is 11.8 Å². The van der Waals surface area contributed by atoms with E-state index in [1.165, 1.54) is 19.3 Å². The molecule has 0 radical (unpaired) electrons. The van der Waals surface area contributed by atoms with Crippen molar-refractivity contribution in [1.82, 2.24) is 0 Å². The van der Waals surface area contributed by atoms with Crippen LogP contribution in [0, 0.1) is 34.0 Å². The standard InChI is InChI=1S/C31H60O6SSi2/c1-14-15-16-17-29(8,28(5,6)7)20-24(36-39(10)11)25-22(27(2,3)4)19-31(37-40(12)13)23(25)18-30(26(31)35-30)21-34-38(9,32)33/h20,22-23,25-26,39-40H,14-19,21H2,1-13H3/t22-,23+,25+,26?,29?,30?,31+/m1/s1. The molecule has 3 aliphatic rings. The van der Waals surface area contributed by atoms with Gasteiger partial charge in [-0.1, -0.05) is 74.7 Å². The lowest BCUT2D eigenvalue weighted by Crippen LogP contribution is -2.44. The number of hydrogen-bond donors (Lipinski definition) is 0. The van der Waals surface area contributed by atoms with E-state index in [-0.39, 0.29) is 40.8 Å². The van der Waals surface area contributed by atoms with Gasteiger partial charge in [0.05, 0.1) is 24.2 Å². The molecule has 0 bridgehead atoms. The highest BCUT2D eigenvalue weighted by Gasteiger charge is 2.80. The number of allylic oxidation sites excluding steroid dienone is 2. The molecule has 3 unspecified atom stereocenters. The highest BCUT2D eigenvalue weighted by atomic mass is 32.2. The average Bonchev–Trinajstić information content (AvgIpc) is 3.29. The Bertz CT molecular complexity index is 1030. The van der Waals surface area contributed by atoms with Gasteiger partial charge in [-0.2, -0.15) is 8.42 Å². The highest BCUT2D eigenvalue weighted by molar-refractivity contribution is 7.85. The van der Waals surface area contributed by atoms with Gasteiger partial charge in [0.2, 0.25) is 9.04 Å². The van der Waals surface area contributed by atoms with Crippen molar-refractivity contribution in [1.29, 1.82) is 0 Å². The van der Waals surface area contributed by atoms with E-state index in [0.717, 1.165) is 31.3 Å². The maximum Gasteiger partial charge on any atom is 0.264 e. The van der Waals surface area contributed by atoms with Gasteiger partial charge in [-0.15, -0.1) is 0 Å². The van der Waals surface area contributed by atoms with Crippen LogP contribution in [0.2, 0.25) is 26.2 Å². The molecule has 40 heavy (non-hydrogen) atoms. The molecule has 6 nitrogen and oxygen atoms in total. The van der Waals surface area contributed by atoms with Crippen LogP contribution in [0.25, 0.3) is 0 Å². The monoisotopic (exact) mass is 616 g/mol. The number of epoxide rings is 1. The fourth-order valence-corrected chi connectivity index (χ4v) is 9.99. The van der Waals surface area contributed by atoms with E-state index in [2.05, 4.69) is 87.7 Å². The predicted molar refractivity (Wildman–Crippen MR) is 170 cm³/mol. The maximum atomic E-state index is 12.0. The number of unbranched alkanes of at least 4 members (excludes halogenated alkanes) is 2. The minimum Gasteiger partial charge on any atom is -0.550 e. The third-order valence-corrected chi connectivity index (χ3v) is 12.3. The van der Waals surface area contributed by atoms with E-state index in [9.17, 15) is 8.42 Å². The lowest BCUT2D eigenvalue weighted by molar-refractivity contribution is -0.0166. The molecule has 1 saturated heterocycles. The van der Waals surface area contributed by atoms with Crippen LogP contribution in [-0.4, -0.2) is 56.7 Å². The Hall–Kier alpha value is -0.196. The normalized spacial score (nSPS) is 34.2. The summed E-state index contributed by atoms with van der Waals surface area (Å²) in [6, 6.07) is 0. The van der Waals surface area contributed by atoms with E-state index in [4.69, 9.17) is 17.8 Å². The number of hydrogen-bond acceptors (Lipinski definition) is 6. The van der Waals surface area contributed by atoms with Crippen molar-refractivity contribution >= 4 is 28.2 Å². The van der Waals surface area contributed by atoms with Gasteiger partial charge in [0.15, 0.2) is 9.04 Å². The van der Waals surface area contributed by atoms with Crippen molar-refractivity contribution in [3.63, 3.8) is 0 Å². The lowest BCUT2D eigenvalue weighted by Gasteiger charge is -2.43. The summed E-state index contributed by atoms with van der Waals surface area (Å²) in [4.78, 5) is 0. The largest absolute Gasteiger partial charge is 0.550 e. The van der Waals surface area contributed by atoms with Gasteiger partial charge < -0.3 is 13.6 Å². The van der Waals surface area contributed by atoms with Crippen molar-refractivity contribution in [2.24, 2.45) is 34.0 Å². The molecule has 1 heterocycles. The van der Waals surface area contributed by atoms with Crippen LogP contribution in [-0.2, 0) is 27.9 Å². The summed E-state index contributed by atoms with van der Waals surface area (Å²) >= 11 is 0. The second-order valence-corrected chi connectivity index (χ2v) is 22.3. The van der Waals surface area contributed by atoms with Gasteiger partial charge in [-0.3, -0.25) is 4.18 Å². The summed E-state index contributed by atoms with van der Waals surface area (Å²) < 4.78 is 49.8. The number of fused-ring (bicyclic) bond motifs is 3. The number of ether oxygens (including phenoxy) is 1. The van der Waals surface area contributed by atoms with Crippen molar-refractivity contribution < 1.29 is 26.2 Å². The molecule has 0 aromatic heterocycles. The molecule has 3 fully saturated rings. The van der Waals surface area contributed by atoms with Crippen LogP contribution in [0.3, 0.4) is 0 Å². The third kappa shape index (κ3) is 7.12. The van der Waals surface area contributed by atoms with Crippen LogP contribution in [0.4, 0.5) is 0 Å². The predicted octanol–water partition coefficient (Wildman–Crippen LogP) is 7.06. The molecule has 2 saturated carbocycles. The molecule has 0 spiro atoms. The highest BCUT2D eigenvalue weighted by Crippen LogP contribution is 2.71. The van der Waals surface area contributed by atoms with Gasteiger partial charge in [0, 0.05) is 11.8 Å². The zero-order valence-electron chi connectivity index (χ0n) is 27.8. The SMILES string of the molecule is CCCCCC(C)(C=C(O[SiH](C)C)[C@H]1[C@H](C(C)(C)C)C[C@@]2(O[SiH](C)C)C3OC3(COS(C)(=O)=O)C[C@@H]12)C(C)(C)C. The molecular weight excluding hydrogens is 557 g/mol. The Labute approximate surface area is 249 Å². The van der Waals surface area contributed by atoms with Crippen molar-refractivity contribution in [2.45, 2.75) is 137 Å². The van der Waals surface area contributed by atoms with E-state index >= 15 is 0 Å². The minimum atomic E-state index is -3.56. The quantitative estimate of drug-likeness (QED) is 0.0725. The first-order chi connectivity index (χ1) is 18.1. The minimum absolute atomic E-state index is 0.0166. The molecule has 234 valence electrons. The van der Waals surface area contributed by atoms with E-state index in [1.54, 1.807) is 0 Å². The van der Waals surface area contributed by atoms with Crippen molar-refractivity contribution in [3.8, 4) is 0 Å². The van der Waals surface area contributed by atoms with Gasteiger partial charge in [-0.25, -0.2) is 0 Å². The van der Waals surface area contributed by atoms with Crippen molar-refractivity contribution in [2.75, 3.05) is 12.9 Å². The molecule has 1 aliphatic heterocycles. The second-order valence-electron chi connectivity index (χ2n) is 16.0. The first kappa shape index (κ1) is 34.3. The summed E-state index contributed by atoms with van der Waals surface area (Å²) in [7, 11) is -6.44. The van der Waals surface area contributed by atoms with E-state index < -0.39 is 39.4 Å². The fraction of sp³-hybridized carbons (Fsp3) is 0.935. The summed E-state index contributed by atoms with van der Waals surface area (Å²) in [5, 5.41) is 0. The average molecular weight is 617 g/mol. The Balaban J connectivity index is 2.16. The van der Waals surface area contributed by atoms with Crippen LogP contribution in [0.1, 0.15) is 93.9 Å². The number of rotatable bonds is 13. The van der Waals surface area contributed by atoms with E-state index in [0.29, 0.717) is 5.92 Å². The Morgan fingerprint density at radius 3 is 2.10 bits per heavy atom. The molecule has 9 heteroatoms. The molecule has 0 aromatic carbocycles. The fourth-order valence-electron chi connectivity index (χ4n) is 7.53. The zero-order valence-corrected chi connectivity index (χ0v) is 31.0. The third-order valence-electron chi connectivity index (χ3n) is 10.1. The summed E-state index contributed by atoms with van der Waals surface area (Å²) in [5.74, 6) is 1.92. The van der Waals surface area contributed by atoms with Crippen LogP contribution < -0.4 is 0 Å². The Morgan fingerprint density at radius 1 is 1.00 bits per heavy atom. The van der Waals surface area contributed by atoms with Crippen LogP contribution in [0.5, 0.6) is 0 Å². The van der Waals surface area contributed by atoms with Gasteiger partial charge in [0.1, 0.15) is 11.7 Å². The summed E-state index contributed by atoms with van der Waals surface area (Å²) in [6.45, 7) is 27.9. The molecule has 3 rings (SSSR count). The molecular formula is C31H60O6SSi2. The molecule has 0 aromatic rings. The van der Waals surface area contributed by atoms with Gasteiger partial charge in [-0.05, 0) is 73.7 Å². The second kappa shape index (κ2) is 11.7. The van der Waals surface area contributed by atoms with Crippen LogP contribution >= 0.6 is 0 Å². The molecule has 0 amide bonds. The maximum absolute atomic E-state index is 12.0. The Morgan fingerprint density at radius 2 is 1.62 bits per heavy atom. The van der Waals surface area contributed by atoms with Gasteiger partial charge >= 0.3 is 0 Å². The summed E-state index contributed by atoms with van der Waals surface area (Å²) in [5.41, 5.74) is -0.908. The van der Waals surface area contributed by atoms with E-state index in [1.807, 2.05) is 0 Å². The zero-order chi connectivity index (χ0) is 30.5. The molecule has 7 atom stereocenters. The molecule has 0 N–H and O–H groups in total. The topological polar surface area (TPSA) is 74.4 Å². The summed E-state index contributed by atoms with van der Waals surface area (Å²) in [6.07, 6.45) is 9.96. The smallest absolute Gasteiger partial charge is 0.264 e. The Kier molecular flexibility index (Phi) is 10.0. The first-order valence-electron chi connectivity index (χ1n) is 15.7. The first-order valence-corrected chi connectivity index (χ1v) is 23.1.